The van der Waals surface area contributed by atoms with E-state index in [1.165, 1.54) is 25.7 Å². The molecular weight excluding hydrogens is 341 g/mol. The van der Waals surface area contributed by atoms with Gasteiger partial charge in [0.1, 0.15) is 5.75 Å². The lowest BCUT2D eigenvalue weighted by molar-refractivity contribution is 0.304. The molecule has 24 heavy (non-hydrogen) atoms. The largest absolute Gasteiger partial charge is 0.494 e. The normalized spacial score (nSPS) is 10.6. The zero-order chi connectivity index (χ0) is 17.2. The first-order valence-electron chi connectivity index (χ1n) is 8.59. The molecule has 1 N–H and O–H groups in total. The lowest BCUT2D eigenvalue weighted by Gasteiger charge is -2.10. The van der Waals surface area contributed by atoms with E-state index >= 15 is 0 Å². The Morgan fingerprint density at radius 2 is 1.67 bits per heavy atom. The summed E-state index contributed by atoms with van der Waals surface area (Å²) in [6.07, 6.45) is 6.23. The molecule has 0 aliphatic carbocycles. The van der Waals surface area contributed by atoms with Crippen LogP contribution in [0, 0.1) is 0 Å². The van der Waals surface area contributed by atoms with Gasteiger partial charge in [0.2, 0.25) is 0 Å². The second kappa shape index (κ2) is 10.5. The average Bonchev–Trinajstić information content (AvgIpc) is 2.56. The molecule has 2 nitrogen and oxygen atoms in total. The minimum atomic E-state index is 0.652. The fourth-order valence-corrected chi connectivity index (χ4v) is 3.08. The fraction of sp³-hybridized carbons (Fsp3) is 0.400. The van der Waals surface area contributed by atoms with Gasteiger partial charge in [-0.25, -0.2) is 0 Å². The molecule has 0 bridgehead atoms. The van der Waals surface area contributed by atoms with Crippen LogP contribution in [-0.2, 0) is 6.54 Å². The van der Waals surface area contributed by atoms with E-state index in [4.69, 9.17) is 27.9 Å². The maximum atomic E-state index is 6.03. The first-order chi connectivity index (χ1) is 11.7. The predicted octanol–water partition coefficient (Wildman–Crippen LogP) is 6.95. The summed E-state index contributed by atoms with van der Waals surface area (Å²) in [5, 5.41) is 4.68. The van der Waals surface area contributed by atoms with Crippen LogP contribution in [0.15, 0.2) is 42.5 Å². The lowest BCUT2D eigenvalue weighted by atomic mass is 10.2. The van der Waals surface area contributed by atoms with Gasteiger partial charge in [0.25, 0.3) is 0 Å². The van der Waals surface area contributed by atoms with Crippen LogP contribution >= 0.6 is 23.2 Å². The molecule has 0 aromatic heterocycles. The molecule has 4 heteroatoms. The molecule has 0 fully saturated rings. The van der Waals surface area contributed by atoms with E-state index in [1.54, 1.807) is 6.07 Å². The Labute approximate surface area is 155 Å². The first kappa shape index (κ1) is 19.0. The molecule has 0 saturated heterocycles. The molecule has 0 heterocycles. The lowest BCUT2D eigenvalue weighted by Crippen LogP contribution is -2.01. The third kappa shape index (κ3) is 7.02. The van der Waals surface area contributed by atoms with Gasteiger partial charge in [0.05, 0.1) is 6.61 Å². The molecule has 0 aliphatic heterocycles. The molecule has 0 spiro atoms. The van der Waals surface area contributed by atoms with Gasteiger partial charge >= 0.3 is 0 Å². The molecule has 0 radical (unpaired) electrons. The standard InChI is InChI=1S/C20H25Cl2NO/c1-2-3-4-5-6-10-24-20-9-7-8-19(14-20)23-15-16-11-17(21)13-18(22)12-16/h7-9,11-14,23H,2-6,10,15H2,1H3. The van der Waals surface area contributed by atoms with Gasteiger partial charge in [-0.3, -0.25) is 0 Å². The van der Waals surface area contributed by atoms with Crippen molar-refractivity contribution in [2.45, 2.75) is 45.6 Å². The van der Waals surface area contributed by atoms with Crippen LogP contribution in [0.5, 0.6) is 5.75 Å². The maximum Gasteiger partial charge on any atom is 0.121 e. The molecule has 2 aromatic carbocycles. The van der Waals surface area contributed by atoms with E-state index in [0.717, 1.165) is 30.0 Å². The highest BCUT2D eigenvalue weighted by atomic mass is 35.5. The summed E-state index contributed by atoms with van der Waals surface area (Å²) in [4.78, 5) is 0. The number of anilines is 1. The van der Waals surface area contributed by atoms with Crippen molar-refractivity contribution in [3.63, 3.8) is 0 Å². The SMILES string of the molecule is CCCCCCCOc1cccc(NCc2cc(Cl)cc(Cl)c2)c1. The Morgan fingerprint density at radius 1 is 0.917 bits per heavy atom. The summed E-state index contributed by atoms with van der Waals surface area (Å²) in [6, 6.07) is 13.6. The van der Waals surface area contributed by atoms with Crippen LogP contribution in [0.25, 0.3) is 0 Å². The summed E-state index contributed by atoms with van der Waals surface area (Å²) >= 11 is 12.1. The number of halogens is 2. The molecule has 130 valence electrons. The summed E-state index contributed by atoms with van der Waals surface area (Å²) in [5.41, 5.74) is 2.07. The van der Waals surface area contributed by atoms with Crippen molar-refractivity contribution in [3.8, 4) is 5.75 Å². The van der Waals surface area contributed by atoms with Crippen molar-refractivity contribution in [3.05, 3.63) is 58.1 Å². The van der Waals surface area contributed by atoms with E-state index in [1.807, 2.05) is 36.4 Å². The number of unbranched alkanes of at least 4 members (excludes halogenated alkanes) is 4. The molecule has 0 aliphatic rings. The van der Waals surface area contributed by atoms with E-state index < -0.39 is 0 Å². The van der Waals surface area contributed by atoms with Crippen molar-refractivity contribution < 1.29 is 4.74 Å². The number of hydrogen-bond donors (Lipinski definition) is 1. The maximum absolute atomic E-state index is 6.03. The molecule has 2 aromatic rings. The fourth-order valence-electron chi connectivity index (χ4n) is 2.51. The van der Waals surface area contributed by atoms with E-state index in [-0.39, 0.29) is 0 Å². The van der Waals surface area contributed by atoms with E-state index in [2.05, 4.69) is 12.2 Å². The van der Waals surface area contributed by atoms with Crippen molar-refractivity contribution in [2.24, 2.45) is 0 Å². The molecular formula is C20H25Cl2NO. The summed E-state index contributed by atoms with van der Waals surface area (Å²) in [7, 11) is 0. The highest BCUT2D eigenvalue weighted by molar-refractivity contribution is 6.34. The Hall–Kier alpha value is -1.38. The quantitative estimate of drug-likeness (QED) is 0.459. The Morgan fingerprint density at radius 3 is 2.42 bits per heavy atom. The Balaban J connectivity index is 1.79. The number of hydrogen-bond acceptors (Lipinski definition) is 2. The van der Waals surface area contributed by atoms with E-state index in [9.17, 15) is 0 Å². The monoisotopic (exact) mass is 365 g/mol. The second-order valence-electron chi connectivity index (χ2n) is 5.92. The van der Waals surface area contributed by atoms with Crippen molar-refractivity contribution >= 4 is 28.9 Å². The van der Waals surface area contributed by atoms with Gasteiger partial charge in [-0.05, 0) is 42.3 Å². The van der Waals surface area contributed by atoms with E-state index in [0.29, 0.717) is 16.6 Å². The molecule has 0 saturated carbocycles. The van der Waals surface area contributed by atoms with Crippen molar-refractivity contribution in [1.82, 2.24) is 0 Å². The smallest absolute Gasteiger partial charge is 0.121 e. The predicted molar refractivity (Wildman–Crippen MR) is 104 cm³/mol. The van der Waals surface area contributed by atoms with Gasteiger partial charge in [-0.2, -0.15) is 0 Å². The number of benzene rings is 2. The number of nitrogens with one attached hydrogen (secondary N) is 1. The van der Waals surface area contributed by atoms with Crippen LogP contribution in [0.4, 0.5) is 5.69 Å². The van der Waals surface area contributed by atoms with Crippen LogP contribution in [0.3, 0.4) is 0 Å². The Bertz CT molecular complexity index is 611. The third-order valence-electron chi connectivity index (χ3n) is 3.77. The van der Waals surface area contributed by atoms with Gasteiger partial charge in [0.15, 0.2) is 0 Å². The topological polar surface area (TPSA) is 21.3 Å². The average molecular weight is 366 g/mol. The van der Waals surface area contributed by atoms with Crippen LogP contribution in [0.2, 0.25) is 10.0 Å². The van der Waals surface area contributed by atoms with Gasteiger partial charge < -0.3 is 10.1 Å². The summed E-state index contributed by atoms with van der Waals surface area (Å²) in [5.74, 6) is 0.902. The number of rotatable bonds is 10. The minimum Gasteiger partial charge on any atom is -0.494 e. The van der Waals surface area contributed by atoms with Gasteiger partial charge in [-0.15, -0.1) is 0 Å². The minimum absolute atomic E-state index is 0.652. The van der Waals surface area contributed by atoms with Crippen LogP contribution < -0.4 is 10.1 Å². The zero-order valence-corrected chi connectivity index (χ0v) is 15.7. The summed E-state index contributed by atoms with van der Waals surface area (Å²) < 4.78 is 5.83. The summed E-state index contributed by atoms with van der Waals surface area (Å²) in [6.45, 7) is 3.67. The van der Waals surface area contributed by atoms with Crippen LogP contribution in [0.1, 0.15) is 44.6 Å². The van der Waals surface area contributed by atoms with Crippen LogP contribution in [-0.4, -0.2) is 6.61 Å². The Kier molecular flexibility index (Phi) is 8.27. The highest BCUT2D eigenvalue weighted by Crippen LogP contribution is 2.22. The highest BCUT2D eigenvalue weighted by Gasteiger charge is 2.01. The molecule has 0 amide bonds. The third-order valence-corrected chi connectivity index (χ3v) is 4.21. The molecule has 0 atom stereocenters. The van der Waals surface area contributed by atoms with Gasteiger partial charge in [-0.1, -0.05) is 61.9 Å². The molecule has 2 rings (SSSR count). The van der Waals surface area contributed by atoms with Gasteiger partial charge in [0, 0.05) is 28.3 Å². The second-order valence-corrected chi connectivity index (χ2v) is 6.79. The zero-order valence-electron chi connectivity index (χ0n) is 14.2. The van der Waals surface area contributed by atoms with Crippen molar-refractivity contribution in [2.75, 3.05) is 11.9 Å². The van der Waals surface area contributed by atoms with Crippen molar-refractivity contribution in [1.29, 1.82) is 0 Å². The first-order valence-corrected chi connectivity index (χ1v) is 9.34. The molecule has 0 unspecified atom stereocenters. The number of ether oxygens (including phenoxy) is 1.